The van der Waals surface area contributed by atoms with Gasteiger partial charge in [-0.3, -0.25) is 4.79 Å². The average molecular weight is 164 g/mol. The Morgan fingerprint density at radius 3 is 2.70 bits per heavy atom. The van der Waals surface area contributed by atoms with E-state index in [1.165, 1.54) is 0 Å². The molecule has 0 aliphatic rings. The first kappa shape index (κ1) is 9.76. The van der Waals surface area contributed by atoms with E-state index in [2.05, 4.69) is 5.32 Å². The van der Waals surface area contributed by atoms with Crippen LogP contribution in [0.25, 0.3) is 0 Å². The van der Waals surface area contributed by atoms with Crippen LogP contribution in [0.4, 0.5) is 0 Å². The molecule has 0 fully saturated rings. The summed E-state index contributed by atoms with van der Waals surface area (Å²) in [5.41, 5.74) is 0. The number of rotatable bonds is 5. The Bertz CT molecular complexity index is 95.6. The van der Waals surface area contributed by atoms with Crippen molar-refractivity contribution in [2.75, 3.05) is 12.4 Å². The molecule has 60 valence electrons. The summed E-state index contributed by atoms with van der Waals surface area (Å²) in [5.74, 6) is 0.803. The van der Waals surface area contributed by atoms with Crippen molar-refractivity contribution in [3.05, 3.63) is 0 Å². The maximum atomic E-state index is 10.6. The first-order valence-corrected chi connectivity index (χ1v) is 4.17. The highest BCUT2D eigenvalue weighted by atomic mass is 35.5. The zero-order chi connectivity index (χ0) is 7.82. The van der Waals surface area contributed by atoms with Crippen LogP contribution in [0.2, 0.25) is 0 Å². The number of halogens is 1. The second-order valence-electron chi connectivity index (χ2n) is 2.10. The molecule has 0 aromatic rings. The van der Waals surface area contributed by atoms with Crippen molar-refractivity contribution < 1.29 is 4.79 Å². The van der Waals surface area contributed by atoms with Crippen LogP contribution in [0.3, 0.4) is 0 Å². The van der Waals surface area contributed by atoms with Gasteiger partial charge in [0, 0.05) is 18.8 Å². The fourth-order valence-electron chi connectivity index (χ4n) is 0.572. The molecule has 0 heterocycles. The Balaban J connectivity index is 2.96. The van der Waals surface area contributed by atoms with E-state index in [1.807, 2.05) is 6.92 Å². The highest BCUT2D eigenvalue weighted by molar-refractivity contribution is 6.17. The molecule has 3 heteroatoms. The topological polar surface area (TPSA) is 29.1 Å². The van der Waals surface area contributed by atoms with Crippen molar-refractivity contribution in [3.8, 4) is 0 Å². The number of nitrogens with one attached hydrogen (secondary N) is 1. The molecule has 0 atom stereocenters. The summed E-state index contributed by atoms with van der Waals surface area (Å²) in [6.07, 6.45) is 2.53. The molecule has 0 radical (unpaired) electrons. The van der Waals surface area contributed by atoms with Crippen LogP contribution in [0.1, 0.15) is 26.2 Å². The molecule has 10 heavy (non-hydrogen) atoms. The quantitative estimate of drug-likeness (QED) is 0.484. The number of unbranched alkanes of at least 4 members (excludes halogenated alkanes) is 1. The van der Waals surface area contributed by atoms with Crippen molar-refractivity contribution >= 4 is 17.5 Å². The lowest BCUT2D eigenvalue weighted by Gasteiger charge is -2.00. The van der Waals surface area contributed by atoms with E-state index in [4.69, 9.17) is 11.6 Å². The lowest BCUT2D eigenvalue weighted by molar-refractivity contribution is -0.120. The zero-order valence-electron chi connectivity index (χ0n) is 6.32. The second kappa shape index (κ2) is 6.87. The maximum absolute atomic E-state index is 10.6. The van der Waals surface area contributed by atoms with E-state index in [1.54, 1.807) is 0 Å². The molecule has 0 bridgehead atoms. The largest absolute Gasteiger partial charge is 0.356 e. The van der Waals surface area contributed by atoms with E-state index in [9.17, 15) is 4.79 Å². The minimum absolute atomic E-state index is 0.120. The molecule has 0 aromatic heterocycles. The van der Waals surface area contributed by atoms with Gasteiger partial charge in [-0.05, 0) is 12.8 Å². The monoisotopic (exact) mass is 163 g/mol. The normalized spacial score (nSPS) is 9.40. The van der Waals surface area contributed by atoms with Crippen LogP contribution in [0, 0.1) is 0 Å². The van der Waals surface area contributed by atoms with Gasteiger partial charge in [0.1, 0.15) is 0 Å². The molecule has 2 nitrogen and oxygen atoms in total. The molecule has 0 aliphatic heterocycles. The zero-order valence-corrected chi connectivity index (χ0v) is 7.08. The van der Waals surface area contributed by atoms with Gasteiger partial charge in [-0.2, -0.15) is 0 Å². The third-order valence-electron chi connectivity index (χ3n) is 1.20. The van der Waals surface area contributed by atoms with Crippen molar-refractivity contribution in [1.82, 2.24) is 5.32 Å². The van der Waals surface area contributed by atoms with Crippen LogP contribution in [0.5, 0.6) is 0 Å². The number of carbonyl (C=O) groups is 1. The van der Waals surface area contributed by atoms with E-state index in [-0.39, 0.29) is 5.91 Å². The molecular formula is C7H14ClNO. The molecule has 1 N–H and O–H groups in total. The average Bonchev–Trinajstić information content (AvgIpc) is 1.98. The van der Waals surface area contributed by atoms with Crippen LogP contribution < -0.4 is 5.32 Å². The number of hydrogen-bond donors (Lipinski definition) is 1. The Morgan fingerprint density at radius 1 is 1.50 bits per heavy atom. The Labute approximate surface area is 66.9 Å². The summed E-state index contributed by atoms with van der Waals surface area (Å²) in [6, 6.07) is 0. The maximum Gasteiger partial charge on any atom is 0.219 e. The first-order valence-electron chi connectivity index (χ1n) is 3.64. The summed E-state index contributed by atoms with van der Waals surface area (Å²) in [7, 11) is 0. The Hall–Kier alpha value is -0.240. The lowest BCUT2D eigenvalue weighted by Crippen LogP contribution is -2.23. The fraction of sp³-hybridized carbons (Fsp3) is 0.857. The third kappa shape index (κ3) is 5.89. The van der Waals surface area contributed by atoms with Crippen molar-refractivity contribution in [1.29, 1.82) is 0 Å². The highest BCUT2D eigenvalue weighted by Crippen LogP contribution is 1.89. The van der Waals surface area contributed by atoms with Crippen LogP contribution in [0.15, 0.2) is 0 Å². The van der Waals surface area contributed by atoms with Gasteiger partial charge < -0.3 is 5.32 Å². The van der Waals surface area contributed by atoms with Crippen molar-refractivity contribution in [2.24, 2.45) is 0 Å². The van der Waals surface area contributed by atoms with Gasteiger partial charge in [-0.25, -0.2) is 0 Å². The smallest absolute Gasteiger partial charge is 0.219 e. The van der Waals surface area contributed by atoms with Gasteiger partial charge in [-0.15, -0.1) is 11.6 Å². The molecule has 0 spiro atoms. The number of amides is 1. The Kier molecular flexibility index (Phi) is 6.71. The van der Waals surface area contributed by atoms with Crippen molar-refractivity contribution in [3.63, 3.8) is 0 Å². The fourth-order valence-corrected chi connectivity index (χ4v) is 0.761. The van der Waals surface area contributed by atoms with Crippen molar-refractivity contribution in [2.45, 2.75) is 26.2 Å². The first-order chi connectivity index (χ1) is 4.81. The van der Waals surface area contributed by atoms with Gasteiger partial charge in [0.15, 0.2) is 0 Å². The van der Waals surface area contributed by atoms with Crippen LogP contribution >= 0.6 is 11.6 Å². The molecule has 0 saturated heterocycles. The summed E-state index contributed by atoms with van der Waals surface area (Å²) in [5, 5.41) is 2.77. The predicted molar refractivity (Wildman–Crippen MR) is 43.3 cm³/mol. The third-order valence-corrected chi connectivity index (χ3v) is 1.47. The van der Waals surface area contributed by atoms with Gasteiger partial charge in [0.25, 0.3) is 0 Å². The molecule has 0 rings (SSSR count). The Morgan fingerprint density at radius 2 is 2.20 bits per heavy atom. The van der Waals surface area contributed by atoms with E-state index in [0.29, 0.717) is 12.3 Å². The van der Waals surface area contributed by atoms with E-state index >= 15 is 0 Å². The molecule has 0 aliphatic carbocycles. The minimum atomic E-state index is 0.120. The predicted octanol–water partition coefficient (Wildman–Crippen LogP) is 1.53. The van der Waals surface area contributed by atoms with Gasteiger partial charge in [-0.1, -0.05) is 6.92 Å². The van der Waals surface area contributed by atoms with Gasteiger partial charge in [0.2, 0.25) is 5.91 Å². The van der Waals surface area contributed by atoms with E-state index < -0.39 is 0 Å². The molecule has 1 amide bonds. The minimum Gasteiger partial charge on any atom is -0.356 e. The molecule has 0 aromatic carbocycles. The number of carbonyl (C=O) groups excluding carboxylic acids is 1. The number of alkyl halides is 1. The van der Waals surface area contributed by atoms with Gasteiger partial charge in [0.05, 0.1) is 0 Å². The van der Waals surface area contributed by atoms with Gasteiger partial charge >= 0.3 is 0 Å². The standard InChI is InChI=1S/C7H14ClNO/c1-2-7(10)9-6-4-3-5-8/h2-6H2,1H3,(H,9,10). The highest BCUT2D eigenvalue weighted by Gasteiger charge is 1.93. The summed E-state index contributed by atoms with van der Waals surface area (Å²) in [4.78, 5) is 10.6. The molecule has 0 unspecified atom stereocenters. The summed E-state index contributed by atoms with van der Waals surface area (Å²) >= 11 is 5.44. The number of hydrogen-bond acceptors (Lipinski definition) is 1. The SMILES string of the molecule is CCC(=O)NCCCCCl. The summed E-state index contributed by atoms with van der Waals surface area (Å²) < 4.78 is 0. The van der Waals surface area contributed by atoms with Crippen LogP contribution in [-0.2, 0) is 4.79 Å². The lowest BCUT2D eigenvalue weighted by atomic mass is 10.3. The molecule has 0 saturated carbocycles. The van der Waals surface area contributed by atoms with Crippen LogP contribution in [-0.4, -0.2) is 18.3 Å². The summed E-state index contributed by atoms with van der Waals surface area (Å²) in [6.45, 7) is 2.61. The molecular weight excluding hydrogens is 150 g/mol. The van der Waals surface area contributed by atoms with E-state index in [0.717, 1.165) is 19.4 Å². The second-order valence-corrected chi connectivity index (χ2v) is 2.48.